The first-order chi connectivity index (χ1) is 8.77. The lowest BCUT2D eigenvalue weighted by Gasteiger charge is -2.11. The maximum absolute atomic E-state index is 10.0. The molecule has 104 valence electrons. The van der Waals surface area contributed by atoms with Crippen LogP contribution in [0.2, 0.25) is 0 Å². The Bertz CT molecular complexity index is 309. The van der Waals surface area contributed by atoms with Gasteiger partial charge in [0.1, 0.15) is 5.82 Å². The highest BCUT2D eigenvalue weighted by Crippen LogP contribution is 2.11. The second-order valence-electron chi connectivity index (χ2n) is 5.10. The Balaban J connectivity index is 2.22. The van der Waals surface area contributed by atoms with E-state index in [1.165, 1.54) is 25.7 Å². The molecule has 0 radical (unpaired) electrons. The van der Waals surface area contributed by atoms with E-state index < -0.39 is 0 Å². The number of imidazole rings is 1. The molecule has 1 atom stereocenters. The summed E-state index contributed by atoms with van der Waals surface area (Å²) in [7, 11) is 0. The fourth-order valence-electron chi connectivity index (χ4n) is 2.27. The third-order valence-electron chi connectivity index (χ3n) is 3.33. The molecule has 0 saturated carbocycles. The predicted octanol–water partition coefficient (Wildman–Crippen LogP) is 3.56. The Labute approximate surface area is 111 Å². The topological polar surface area (TPSA) is 38.1 Å². The molecule has 3 nitrogen and oxygen atoms in total. The minimum atomic E-state index is -0.232. The number of nitrogens with zero attached hydrogens (tertiary/aromatic N) is 2. The molecular weight excluding hydrogens is 224 g/mol. The summed E-state index contributed by atoms with van der Waals surface area (Å²) < 4.78 is 2.15. The number of unbranched alkanes of at least 4 members (excludes halogenated alkanes) is 4. The average molecular weight is 252 g/mol. The van der Waals surface area contributed by atoms with Crippen LogP contribution in [-0.4, -0.2) is 20.8 Å². The normalized spacial score (nSPS) is 12.8. The SMILES string of the molecule is CCCCCCCC(O)Cc1nccn1CCC. The first-order valence-corrected chi connectivity index (χ1v) is 7.46. The molecular formula is C15H28N2O. The molecule has 1 rings (SSSR count). The van der Waals surface area contributed by atoms with Gasteiger partial charge in [-0.15, -0.1) is 0 Å². The van der Waals surface area contributed by atoms with Crippen LogP contribution in [0.5, 0.6) is 0 Å². The van der Waals surface area contributed by atoms with Crippen molar-refractivity contribution in [3.05, 3.63) is 18.2 Å². The van der Waals surface area contributed by atoms with Crippen LogP contribution in [0.1, 0.15) is 64.6 Å². The van der Waals surface area contributed by atoms with E-state index in [-0.39, 0.29) is 6.10 Å². The van der Waals surface area contributed by atoms with Gasteiger partial charge in [-0.2, -0.15) is 0 Å². The number of aryl methyl sites for hydroxylation is 1. The van der Waals surface area contributed by atoms with Gasteiger partial charge in [0.2, 0.25) is 0 Å². The van der Waals surface area contributed by atoms with Crippen molar-refractivity contribution in [3.8, 4) is 0 Å². The molecule has 0 amide bonds. The molecule has 0 bridgehead atoms. The molecule has 1 aromatic rings. The van der Waals surface area contributed by atoms with Gasteiger partial charge in [0.15, 0.2) is 0 Å². The molecule has 0 fully saturated rings. The minimum Gasteiger partial charge on any atom is -0.393 e. The van der Waals surface area contributed by atoms with Gasteiger partial charge in [-0.3, -0.25) is 0 Å². The molecule has 1 aromatic heterocycles. The monoisotopic (exact) mass is 252 g/mol. The van der Waals surface area contributed by atoms with E-state index in [9.17, 15) is 5.11 Å². The second-order valence-corrected chi connectivity index (χ2v) is 5.10. The van der Waals surface area contributed by atoms with E-state index in [2.05, 4.69) is 23.4 Å². The van der Waals surface area contributed by atoms with Crippen molar-refractivity contribution < 1.29 is 5.11 Å². The van der Waals surface area contributed by atoms with Crippen molar-refractivity contribution in [1.82, 2.24) is 9.55 Å². The first kappa shape index (κ1) is 15.2. The highest BCUT2D eigenvalue weighted by atomic mass is 16.3. The lowest BCUT2D eigenvalue weighted by atomic mass is 10.1. The Morgan fingerprint density at radius 2 is 1.94 bits per heavy atom. The summed E-state index contributed by atoms with van der Waals surface area (Å²) in [5, 5.41) is 10.0. The molecule has 0 aliphatic heterocycles. The molecule has 0 aromatic carbocycles. The van der Waals surface area contributed by atoms with Crippen LogP contribution in [0.25, 0.3) is 0 Å². The number of aliphatic hydroxyl groups excluding tert-OH is 1. The lowest BCUT2D eigenvalue weighted by molar-refractivity contribution is 0.157. The molecule has 1 unspecified atom stereocenters. The Morgan fingerprint density at radius 1 is 1.17 bits per heavy atom. The van der Waals surface area contributed by atoms with Gasteiger partial charge in [-0.1, -0.05) is 46.0 Å². The van der Waals surface area contributed by atoms with Crippen molar-refractivity contribution in [1.29, 1.82) is 0 Å². The highest BCUT2D eigenvalue weighted by Gasteiger charge is 2.09. The number of hydrogen-bond donors (Lipinski definition) is 1. The molecule has 3 heteroatoms. The number of rotatable bonds is 10. The van der Waals surface area contributed by atoms with Crippen LogP contribution in [0.4, 0.5) is 0 Å². The van der Waals surface area contributed by atoms with Gasteiger partial charge >= 0.3 is 0 Å². The number of hydrogen-bond acceptors (Lipinski definition) is 2. The Kier molecular flexibility index (Phi) is 7.74. The molecule has 18 heavy (non-hydrogen) atoms. The summed E-state index contributed by atoms with van der Waals surface area (Å²) in [6.45, 7) is 5.38. The summed E-state index contributed by atoms with van der Waals surface area (Å²) in [5.41, 5.74) is 0. The quantitative estimate of drug-likeness (QED) is 0.647. The summed E-state index contributed by atoms with van der Waals surface area (Å²) >= 11 is 0. The maximum Gasteiger partial charge on any atom is 0.111 e. The van der Waals surface area contributed by atoms with E-state index in [0.29, 0.717) is 6.42 Å². The van der Waals surface area contributed by atoms with E-state index >= 15 is 0 Å². The highest BCUT2D eigenvalue weighted by molar-refractivity contribution is 4.94. The molecule has 0 aliphatic rings. The van der Waals surface area contributed by atoms with Gasteiger partial charge in [-0.05, 0) is 12.8 Å². The average Bonchev–Trinajstić information content (AvgIpc) is 2.77. The molecule has 0 aliphatic carbocycles. The van der Waals surface area contributed by atoms with Crippen LogP contribution in [0.15, 0.2) is 12.4 Å². The number of aliphatic hydroxyl groups is 1. The fraction of sp³-hybridized carbons (Fsp3) is 0.800. The summed E-state index contributed by atoms with van der Waals surface area (Å²) in [6.07, 6.45) is 12.6. The zero-order chi connectivity index (χ0) is 13.2. The van der Waals surface area contributed by atoms with Crippen molar-refractivity contribution in [2.75, 3.05) is 0 Å². The second kappa shape index (κ2) is 9.15. The summed E-state index contributed by atoms with van der Waals surface area (Å²) in [6, 6.07) is 0. The van der Waals surface area contributed by atoms with Crippen LogP contribution in [0, 0.1) is 0 Å². The standard InChI is InChI=1S/C15H28N2O/c1-3-5-6-7-8-9-14(18)13-15-16-10-12-17(15)11-4-2/h10,12,14,18H,3-9,11,13H2,1-2H3. The lowest BCUT2D eigenvalue weighted by Crippen LogP contribution is -2.14. The third-order valence-corrected chi connectivity index (χ3v) is 3.33. The maximum atomic E-state index is 10.0. The molecule has 0 spiro atoms. The van der Waals surface area contributed by atoms with Crippen LogP contribution in [-0.2, 0) is 13.0 Å². The van der Waals surface area contributed by atoms with Crippen molar-refractivity contribution in [2.45, 2.75) is 77.9 Å². The summed E-state index contributed by atoms with van der Waals surface area (Å²) in [5.74, 6) is 1.03. The largest absolute Gasteiger partial charge is 0.393 e. The van der Waals surface area contributed by atoms with Gasteiger partial charge in [0, 0.05) is 25.4 Å². The zero-order valence-electron chi connectivity index (χ0n) is 11.9. The van der Waals surface area contributed by atoms with Crippen molar-refractivity contribution in [3.63, 3.8) is 0 Å². The van der Waals surface area contributed by atoms with Crippen molar-refractivity contribution >= 4 is 0 Å². The zero-order valence-corrected chi connectivity index (χ0v) is 11.9. The Morgan fingerprint density at radius 3 is 2.67 bits per heavy atom. The Hall–Kier alpha value is -0.830. The van der Waals surface area contributed by atoms with E-state index in [4.69, 9.17) is 0 Å². The van der Waals surface area contributed by atoms with Gasteiger partial charge < -0.3 is 9.67 Å². The third kappa shape index (κ3) is 5.67. The minimum absolute atomic E-state index is 0.232. The molecule has 1 N–H and O–H groups in total. The number of aromatic nitrogens is 2. The first-order valence-electron chi connectivity index (χ1n) is 7.46. The van der Waals surface area contributed by atoms with Crippen LogP contribution >= 0.6 is 0 Å². The summed E-state index contributed by atoms with van der Waals surface area (Å²) in [4.78, 5) is 4.34. The van der Waals surface area contributed by atoms with Crippen molar-refractivity contribution in [2.24, 2.45) is 0 Å². The van der Waals surface area contributed by atoms with Gasteiger partial charge in [-0.25, -0.2) is 4.98 Å². The van der Waals surface area contributed by atoms with Gasteiger partial charge in [0.05, 0.1) is 6.10 Å². The smallest absolute Gasteiger partial charge is 0.111 e. The van der Waals surface area contributed by atoms with E-state index in [0.717, 1.165) is 31.6 Å². The van der Waals surface area contributed by atoms with E-state index in [1.54, 1.807) is 0 Å². The van der Waals surface area contributed by atoms with E-state index in [1.807, 2.05) is 12.4 Å². The van der Waals surface area contributed by atoms with Crippen LogP contribution in [0.3, 0.4) is 0 Å². The van der Waals surface area contributed by atoms with Gasteiger partial charge in [0.25, 0.3) is 0 Å². The predicted molar refractivity (Wildman–Crippen MR) is 75.6 cm³/mol. The molecule has 0 saturated heterocycles. The molecule has 1 heterocycles. The van der Waals surface area contributed by atoms with Crippen LogP contribution < -0.4 is 0 Å². The fourth-order valence-corrected chi connectivity index (χ4v) is 2.27.